The van der Waals surface area contributed by atoms with Crippen LogP contribution in [0, 0.1) is 0 Å². The molecule has 0 unspecified atom stereocenters. The lowest BCUT2D eigenvalue weighted by Gasteiger charge is -2.15. The quantitative estimate of drug-likeness (QED) is 0.417. The molecular formula is C17H21N9O. The number of methoxy groups -OCH3 is 1. The monoisotopic (exact) mass is 367 g/mol. The summed E-state index contributed by atoms with van der Waals surface area (Å²) in [5, 5.41) is 8.55. The van der Waals surface area contributed by atoms with E-state index in [0.29, 0.717) is 29.8 Å². The molecule has 3 aromatic rings. The zero-order chi connectivity index (χ0) is 19.2. The van der Waals surface area contributed by atoms with E-state index in [1.807, 2.05) is 25.4 Å². The molecule has 3 rings (SSSR count). The van der Waals surface area contributed by atoms with Crippen molar-refractivity contribution in [2.45, 2.75) is 6.61 Å². The van der Waals surface area contributed by atoms with Crippen LogP contribution in [-0.2, 0) is 18.4 Å². The lowest BCUT2D eigenvalue weighted by molar-refractivity contribution is 0.185. The average molecular weight is 367 g/mol. The van der Waals surface area contributed by atoms with Crippen molar-refractivity contribution in [1.29, 1.82) is 0 Å². The van der Waals surface area contributed by atoms with E-state index >= 15 is 0 Å². The van der Waals surface area contributed by atoms with Gasteiger partial charge in [0.2, 0.25) is 5.95 Å². The fourth-order valence-corrected chi connectivity index (χ4v) is 2.43. The van der Waals surface area contributed by atoms with Crippen LogP contribution in [0.3, 0.4) is 0 Å². The van der Waals surface area contributed by atoms with Crippen LogP contribution < -0.4 is 21.9 Å². The fraction of sp³-hybridized carbons (Fsp3) is 0.176. The number of rotatable bonds is 7. The molecule has 0 saturated heterocycles. The smallest absolute Gasteiger partial charge is 0.227 e. The molecule has 0 aliphatic carbocycles. The van der Waals surface area contributed by atoms with Crippen LogP contribution in [0.25, 0.3) is 11.4 Å². The van der Waals surface area contributed by atoms with Crippen molar-refractivity contribution in [2.24, 2.45) is 18.6 Å². The first-order chi connectivity index (χ1) is 13.1. The topological polar surface area (TPSA) is 133 Å². The Bertz CT molecular complexity index is 938. The zero-order valence-corrected chi connectivity index (χ0v) is 15.1. The first-order valence-corrected chi connectivity index (χ1v) is 8.10. The highest BCUT2D eigenvalue weighted by Gasteiger charge is 2.10. The first-order valence-electron chi connectivity index (χ1n) is 8.10. The Morgan fingerprint density at radius 2 is 2.15 bits per heavy atom. The summed E-state index contributed by atoms with van der Waals surface area (Å²) in [5.41, 5.74) is 8.38. The second-order valence-corrected chi connectivity index (χ2v) is 5.69. The highest BCUT2D eigenvalue weighted by Crippen LogP contribution is 2.23. The highest BCUT2D eigenvalue weighted by atomic mass is 16.5. The van der Waals surface area contributed by atoms with Crippen molar-refractivity contribution in [1.82, 2.24) is 24.7 Å². The predicted octanol–water partition coefficient (Wildman–Crippen LogP) is 1.27. The number of hydrogen-bond acceptors (Lipinski definition) is 9. The Hall–Kier alpha value is -3.50. The summed E-state index contributed by atoms with van der Waals surface area (Å²) in [4.78, 5) is 13.3. The van der Waals surface area contributed by atoms with Crippen molar-refractivity contribution in [3.63, 3.8) is 0 Å². The lowest BCUT2D eigenvalue weighted by atomic mass is 10.2. The van der Waals surface area contributed by atoms with Gasteiger partial charge >= 0.3 is 0 Å². The van der Waals surface area contributed by atoms with E-state index in [2.05, 4.69) is 25.4 Å². The molecule has 5 N–H and O–H groups in total. The van der Waals surface area contributed by atoms with Gasteiger partial charge in [0.05, 0.1) is 29.9 Å². The second-order valence-electron chi connectivity index (χ2n) is 5.69. The van der Waals surface area contributed by atoms with Crippen LogP contribution in [-0.4, -0.2) is 31.8 Å². The molecule has 10 heteroatoms. The maximum absolute atomic E-state index is 5.96. The molecule has 0 atom stereocenters. The summed E-state index contributed by atoms with van der Waals surface area (Å²) >= 11 is 0. The molecule has 0 aliphatic rings. The number of hydrogen-bond donors (Lipinski definition) is 3. The molecule has 140 valence electrons. The second kappa shape index (κ2) is 8.25. The van der Waals surface area contributed by atoms with E-state index in [1.54, 1.807) is 30.3 Å². The van der Waals surface area contributed by atoms with Gasteiger partial charge in [0.15, 0.2) is 0 Å². The highest BCUT2D eigenvalue weighted by molar-refractivity contribution is 5.62. The fourth-order valence-electron chi connectivity index (χ4n) is 2.43. The molecule has 0 fully saturated rings. The summed E-state index contributed by atoms with van der Waals surface area (Å²) in [5.74, 6) is 6.91. The molecule has 0 radical (unpaired) electrons. The zero-order valence-electron chi connectivity index (χ0n) is 15.1. The number of hydrazine groups is 1. The minimum atomic E-state index is 0.411. The largest absolute Gasteiger partial charge is 0.403 e. The average Bonchev–Trinajstić information content (AvgIpc) is 3.07. The first kappa shape index (κ1) is 18.3. The normalized spacial score (nSPS) is 11.1. The summed E-state index contributed by atoms with van der Waals surface area (Å²) in [7, 11) is 3.46. The summed E-state index contributed by atoms with van der Waals surface area (Å²) in [6, 6.07) is 5.49. The molecule has 3 aromatic heterocycles. The van der Waals surface area contributed by atoms with Gasteiger partial charge < -0.3 is 15.8 Å². The molecule has 0 bridgehead atoms. The van der Waals surface area contributed by atoms with E-state index < -0.39 is 0 Å². The third-order valence-electron chi connectivity index (χ3n) is 3.57. The van der Waals surface area contributed by atoms with E-state index in [1.165, 1.54) is 17.4 Å². The lowest BCUT2D eigenvalue weighted by Crippen LogP contribution is -2.26. The minimum Gasteiger partial charge on any atom is -0.403 e. The number of pyridine rings is 1. The third kappa shape index (κ3) is 4.57. The molecule has 3 heterocycles. The molecule has 0 spiro atoms. The number of aryl methyl sites for hydroxylation is 1. The van der Waals surface area contributed by atoms with E-state index in [0.717, 1.165) is 11.3 Å². The van der Waals surface area contributed by atoms with Gasteiger partial charge in [-0.25, -0.2) is 20.8 Å². The predicted molar refractivity (Wildman–Crippen MR) is 102 cm³/mol. The van der Waals surface area contributed by atoms with Gasteiger partial charge in [0, 0.05) is 39.0 Å². The Morgan fingerprint density at radius 3 is 2.85 bits per heavy atom. The van der Waals surface area contributed by atoms with Crippen molar-refractivity contribution < 1.29 is 4.74 Å². The van der Waals surface area contributed by atoms with Crippen molar-refractivity contribution in [2.75, 3.05) is 17.4 Å². The molecule has 0 aromatic carbocycles. The molecule has 0 aliphatic heterocycles. The molecule has 0 amide bonds. The Morgan fingerprint density at radius 1 is 1.30 bits per heavy atom. The van der Waals surface area contributed by atoms with Gasteiger partial charge in [-0.05, 0) is 23.8 Å². The van der Waals surface area contributed by atoms with Gasteiger partial charge in [-0.1, -0.05) is 0 Å². The van der Waals surface area contributed by atoms with Gasteiger partial charge in [0.1, 0.15) is 5.82 Å². The van der Waals surface area contributed by atoms with Gasteiger partial charge in [0.25, 0.3) is 0 Å². The van der Waals surface area contributed by atoms with Crippen LogP contribution in [0.5, 0.6) is 0 Å². The summed E-state index contributed by atoms with van der Waals surface area (Å²) in [6.07, 6.45) is 8.03. The molecular weight excluding hydrogens is 346 g/mol. The van der Waals surface area contributed by atoms with Gasteiger partial charge in [-0.3, -0.25) is 9.69 Å². The van der Waals surface area contributed by atoms with Crippen LogP contribution in [0.4, 0.5) is 17.5 Å². The number of nitrogens with one attached hydrogen (secondary N) is 1. The van der Waals surface area contributed by atoms with Gasteiger partial charge in [-0.2, -0.15) is 5.10 Å². The Labute approximate surface area is 156 Å². The molecule has 0 saturated carbocycles. The number of ether oxygens (including phenoxy) is 1. The van der Waals surface area contributed by atoms with Crippen LogP contribution >= 0.6 is 0 Å². The number of anilines is 3. The maximum atomic E-state index is 5.96. The van der Waals surface area contributed by atoms with Gasteiger partial charge in [-0.15, -0.1) is 0 Å². The minimum absolute atomic E-state index is 0.411. The standard InChI is InChI=1S/C17H21N9O/c1-25-10-13(9-21-25)22-17-20-5-3-14(24-17)15-7-12(11-27-2)8-16(23-15)26(19)6-4-18/h3-10H,11,18-19H2,1-2H3,(H,20,22,24)/b6-4-. The van der Waals surface area contributed by atoms with Crippen molar-refractivity contribution in [3.8, 4) is 11.4 Å². The van der Waals surface area contributed by atoms with E-state index in [9.17, 15) is 0 Å². The molecule has 27 heavy (non-hydrogen) atoms. The van der Waals surface area contributed by atoms with E-state index in [4.69, 9.17) is 16.3 Å². The van der Waals surface area contributed by atoms with Crippen LogP contribution in [0.15, 0.2) is 49.2 Å². The Kier molecular flexibility index (Phi) is 5.59. The molecule has 10 nitrogen and oxygen atoms in total. The number of nitrogens with two attached hydrogens (primary N) is 2. The van der Waals surface area contributed by atoms with Crippen molar-refractivity contribution in [3.05, 3.63) is 54.8 Å². The maximum Gasteiger partial charge on any atom is 0.227 e. The number of nitrogens with zero attached hydrogens (tertiary/aromatic N) is 6. The summed E-state index contributed by atoms with van der Waals surface area (Å²) in [6.45, 7) is 0.411. The van der Waals surface area contributed by atoms with Crippen molar-refractivity contribution >= 4 is 17.5 Å². The summed E-state index contributed by atoms with van der Waals surface area (Å²) < 4.78 is 6.92. The van der Waals surface area contributed by atoms with E-state index in [-0.39, 0.29) is 0 Å². The van der Waals surface area contributed by atoms with Crippen LogP contribution in [0.1, 0.15) is 5.56 Å². The Balaban J connectivity index is 1.95. The number of aromatic nitrogens is 5. The SMILES string of the molecule is COCc1cc(-c2ccnc(Nc3cnn(C)c3)n2)nc(N(N)/C=C\N)c1. The van der Waals surface area contributed by atoms with Crippen LogP contribution in [0.2, 0.25) is 0 Å². The third-order valence-corrected chi connectivity index (χ3v) is 3.57.